The molecule has 0 spiro atoms. The van der Waals surface area contributed by atoms with Gasteiger partial charge in [0.1, 0.15) is 5.82 Å². The van der Waals surface area contributed by atoms with E-state index >= 15 is 0 Å². The lowest BCUT2D eigenvalue weighted by Gasteiger charge is -2.33. The fraction of sp³-hybridized carbons (Fsp3) is 0.250. The maximum atomic E-state index is 6.15. The summed E-state index contributed by atoms with van der Waals surface area (Å²) in [6.07, 6.45) is 8.91. The van der Waals surface area contributed by atoms with Crippen LogP contribution in [0.2, 0.25) is 5.02 Å². The highest BCUT2D eigenvalue weighted by Gasteiger charge is 2.25. The Hall–Kier alpha value is -2.89. The molecule has 0 aliphatic carbocycles. The molecule has 0 amide bonds. The standard InChI is InChI=1S/C24H23ClN4O/c1-17-14-24(28-10-12-30-13-11-28)27-15-21(17)22-7-2-18-8-9-26-16-23(18)29(22)20-5-3-19(25)4-6-20/h3-9,14-16H,2,10-13H2,1H3. The Bertz CT molecular complexity index is 1090. The summed E-state index contributed by atoms with van der Waals surface area (Å²) in [7, 11) is 0. The lowest BCUT2D eigenvalue weighted by atomic mass is 9.98. The smallest absolute Gasteiger partial charge is 0.128 e. The molecule has 4 heterocycles. The maximum absolute atomic E-state index is 6.15. The summed E-state index contributed by atoms with van der Waals surface area (Å²) in [4.78, 5) is 13.7. The van der Waals surface area contributed by atoms with Crippen LogP contribution in [-0.2, 0) is 11.2 Å². The summed E-state index contributed by atoms with van der Waals surface area (Å²) < 4.78 is 5.47. The van der Waals surface area contributed by atoms with E-state index in [-0.39, 0.29) is 0 Å². The van der Waals surface area contributed by atoms with E-state index in [0.29, 0.717) is 0 Å². The Morgan fingerprint density at radius 3 is 2.60 bits per heavy atom. The van der Waals surface area contributed by atoms with E-state index in [1.165, 1.54) is 11.1 Å². The minimum absolute atomic E-state index is 0.723. The van der Waals surface area contributed by atoms with Gasteiger partial charge in [0, 0.05) is 41.8 Å². The molecule has 0 bridgehead atoms. The normalized spacial score (nSPS) is 16.3. The molecule has 2 aromatic heterocycles. The van der Waals surface area contributed by atoms with Crippen LogP contribution in [0.15, 0.2) is 61.1 Å². The number of benzene rings is 1. The molecular formula is C24H23ClN4O. The third kappa shape index (κ3) is 3.55. The SMILES string of the molecule is Cc1cc(N2CCOCC2)ncc1C1=CCc2ccncc2N1c1ccc(Cl)cc1. The van der Waals surface area contributed by atoms with E-state index in [0.717, 1.165) is 66.2 Å². The van der Waals surface area contributed by atoms with Crippen LogP contribution in [0.3, 0.4) is 0 Å². The molecule has 0 N–H and O–H groups in total. The minimum Gasteiger partial charge on any atom is -0.378 e. The van der Waals surface area contributed by atoms with Crippen molar-refractivity contribution in [3.8, 4) is 0 Å². The highest BCUT2D eigenvalue weighted by molar-refractivity contribution is 6.30. The molecule has 0 radical (unpaired) electrons. The van der Waals surface area contributed by atoms with Crippen LogP contribution >= 0.6 is 11.6 Å². The predicted octanol–water partition coefficient (Wildman–Crippen LogP) is 5.01. The van der Waals surface area contributed by atoms with Gasteiger partial charge in [-0.1, -0.05) is 17.7 Å². The second-order valence-corrected chi connectivity index (χ2v) is 8.00. The van der Waals surface area contributed by atoms with Crippen LogP contribution < -0.4 is 9.80 Å². The minimum atomic E-state index is 0.723. The fourth-order valence-corrected chi connectivity index (χ4v) is 4.22. The first kappa shape index (κ1) is 19.1. The number of anilines is 3. The van der Waals surface area contributed by atoms with Gasteiger partial charge in [-0.25, -0.2) is 4.98 Å². The van der Waals surface area contributed by atoms with Crippen molar-refractivity contribution in [3.05, 3.63) is 82.8 Å². The second kappa shape index (κ2) is 8.09. The molecule has 0 unspecified atom stereocenters. The number of morpholine rings is 1. The Balaban J connectivity index is 1.56. The van der Waals surface area contributed by atoms with Gasteiger partial charge in [-0.3, -0.25) is 4.98 Å². The van der Waals surface area contributed by atoms with Crippen LogP contribution in [-0.4, -0.2) is 36.3 Å². The lowest BCUT2D eigenvalue weighted by Crippen LogP contribution is -2.36. The van der Waals surface area contributed by atoms with E-state index in [1.54, 1.807) is 0 Å². The van der Waals surface area contributed by atoms with Crippen molar-refractivity contribution in [3.63, 3.8) is 0 Å². The van der Waals surface area contributed by atoms with Crippen molar-refractivity contribution in [1.82, 2.24) is 9.97 Å². The average molecular weight is 419 g/mol. The number of ether oxygens (including phenoxy) is 1. The number of pyridine rings is 2. The highest BCUT2D eigenvalue weighted by atomic mass is 35.5. The monoisotopic (exact) mass is 418 g/mol. The molecule has 5 nitrogen and oxygen atoms in total. The van der Waals surface area contributed by atoms with Gasteiger partial charge in [0.2, 0.25) is 0 Å². The number of hydrogen-bond donors (Lipinski definition) is 0. The first-order chi connectivity index (χ1) is 14.7. The predicted molar refractivity (Wildman–Crippen MR) is 122 cm³/mol. The number of halogens is 1. The van der Waals surface area contributed by atoms with Crippen LogP contribution in [0.4, 0.5) is 17.2 Å². The number of rotatable bonds is 3. The summed E-state index contributed by atoms with van der Waals surface area (Å²) in [6.45, 7) is 5.42. The highest BCUT2D eigenvalue weighted by Crippen LogP contribution is 2.41. The Labute approximate surface area is 181 Å². The Morgan fingerprint density at radius 1 is 1.03 bits per heavy atom. The van der Waals surface area contributed by atoms with E-state index < -0.39 is 0 Å². The van der Waals surface area contributed by atoms with Crippen LogP contribution in [0, 0.1) is 6.92 Å². The van der Waals surface area contributed by atoms with Crippen molar-refractivity contribution in [2.24, 2.45) is 0 Å². The van der Waals surface area contributed by atoms with Gasteiger partial charge >= 0.3 is 0 Å². The average Bonchev–Trinajstić information content (AvgIpc) is 2.80. The first-order valence-electron chi connectivity index (χ1n) is 10.2. The fourth-order valence-electron chi connectivity index (χ4n) is 4.09. The number of allylic oxidation sites excluding steroid dienone is 1. The number of aryl methyl sites for hydroxylation is 1. The molecule has 1 saturated heterocycles. The molecule has 5 rings (SSSR count). The topological polar surface area (TPSA) is 41.5 Å². The Kier molecular flexibility index (Phi) is 5.15. The molecule has 6 heteroatoms. The van der Waals surface area contributed by atoms with Gasteiger partial charge in [-0.05, 0) is 60.9 Å². The second-order valence-electron chi connectivity index (χ2n) is 7.57. The molecular weight excluding hydrogens is 396 g/mol. The zero-order chi connectivity index (χ0) is 20.5. The third-order valence-electron chi connectivity index (χ3n) is 5.68. The molecule has 152 valence electrons. The van der Waals surface area contributed by atoms with Crippen molar-refractivity contribution >= 4 is 34.5 Å². The zero-order valence-electron chi connectivity index (χ0n) is 16.9. The van der Waals surface area contributed by atoms with Gasteiger partial charge < -0.3 is 14.5 Å². The van der Waals surface area contributed by atoms with Gasteiger partial charge in [-0.2, -0.15) is 0 Å². The Morgan fingerprint density at radius 2 is 1.83 bits per heavy atom. The number of aromatic nitrogens is 2. The number of fused-ring (bicyclic) bond motifs is 1. The van der Waals surface area contributed by atoms with Crippen molar-refractivity contribution in [2.75, 3.05) is 36.1 Å². The van der Waals surface area contributed by atoms with Gasteiger partial charge in [0.05, 0.1) is 30.8 Å². The van der Waals surface area contributed by atoms with Crippen molar-refractivity contribution < 1.29 is 4.74 Å². The molecule has 1 aromatic carbocycles. The summed E-state index contributed by atoms with van der Waals surface area (Å²) in [5.41, 5.74) is 6.83. The summed E-state index contributed by atoms with van der Waals surface area (Å²) in [5.74, 6) is 1.01. The first-order valence-corrected chi connectivity index (χ1v) is 10.6. The van der Waals surface area contributed by atoms with Crippen molar-refractivity contribution in [2.45, 2.75) is 13.3 Å². The van der Waals surface area contributed by atoms with Gasteiger partial charge in [-0.15, -0.1) is 0 Å². The summed E-state index contributed by atoms with van der Waals surface area (Å²) >= 11 is 6.15. The van der Waals surface area contributed by atoms with Crippen LogP contribution in [0.5, 0.6) is 0 Å². The quantitative estimate of drug-likeness (QED) is 0.598. The molecule has 0 saturated carbocycles. The van der Waals surface area contributed by atoms with E-state index in [1.807, 2.05) is 42.9 Å². The molecule has 2 aliphatic heterocycles. The molecule has 2 aliphatic rings. The van der Waals surface area contributed by atoms with E-state index in [4.69, 9.17) is 21.3 Å². The summed E-state index contributed by atoms with van der Waals surface area (Å²) in [5, 5.41) is 0.723. The largest absolute Gasteiger partial charge is 0.378 e. The van der Waals surface area contributed by atoms with Crippen molar-refractivity contribution in [1.29, 1.82) is 0 Å². The van der Waals surface area contributed by atoms with Crippen LogP contribution in [0.25, 0.3) is 5.70 Å². The lowest BCUT2D eigenvalue weighted by molar-refractivity contribution is 0.122. The third-order valence-corrected chi connectivity index (χ3v) is 5.93. The number of nitrogens with zero attached hydrogens (tertiary/aromatic N) is 4. The maximum Gasteiger partial charge on any atom is 0.128 e. The molecule has 0 atom stereocenters. The zero-order valence-corrected chi connectivity index (χ0v) is 17.6. The molecule has 1 fully saturated rings. The molecule has 3 aromatic rings. The molecule has 30 heavy (non-hydrogen) atoms. The van der Waals surface area contributed by atoms with E-state index in [9.17, 15) is 0 Å². The van der Waals surface area contributed by atoms with Crippen LogP contribution in [0.1, 0.15) is 16.7 Å². The summed E-state index contributed by atoms with van der Waals surface area (Å²) in [6, 6.07) is 12.2. The van der Waals surface area contributed by atoms with E-state index in [2.05, 4.69) is 39.9 Å². The van der Waals surface area contributed by atoms with Gasteiger partial charge in [0.15, 0.2) is 0 Å². The number of hydrogen-bond acceptors (Lipinski definition) is 5. The van der Waals surface area contributed by atoms with Gasteiger partial charge in [0.25, 0.3) is 0 Å².